The molecule has 2 aromatic rings. The van der Waals surface area contributed by atoms with Crippen molar-refractivity contribution in [1.29, 1.82) is 0 Å². The molecule has 1 aliphatic rings. The number of alkyl halides is 2. The quantitative estimate of drug-likeness (QED) is 0.267. The van der Waals surface area contributed by atoms with E-state index >= 15 is 0 Å². The Kier molecular flexibility index (Phi) is 19.8. The summed E-state index contributed by atoms with van der Waals surface area (Å²) < 4.78 is 12.8. The molecule has 202 valence electrons. The van der Waals surface area contributed by atoms with E-state index < -0.39 is 10.8 Å². The van der Waals surface area contributed by atoms with E-state index in [0.717, 1.165) is 50.7 Å². The van der Waals surface area contributed by atoms with Crippen LogP contribution in [-0.2, 0) is 10.8 Å². The van der Waals surface area contributed by atoms with Gasteiger partial charge in [0.1, 0.15) is 0 Å². The van der Waals surface area contributed by atoms with Gasteiger partial charge in [-0.15, -0.1) is 29.8 Å². The molecule has 2 atom stereocenters. The van der Waals surface area contributed by atoms with E-state index in [2.05, 4.69) is 47.0 Å². The number of hydrogen-bond acceptors (Lipinski definition) is 5. The van der Waals surface area contributed by atoms with Crippen LogP contribution in [0, 0.1) is 12.8 Å². The highest BCUT2D eigenvalue weighted by Gasteiger charge is 2.20. The summed E-state index contributed by atoms with van der Waals surface area (Å²) in [6, 6.07) is 7.90. The van der Waals surface area contributed by atoms with E-state index in [0.29, 0.717) is 11.8 Å². The van der Waals surface area contributed by atoms with Crippen LogP contribution in [0.15, 0.2) is 60.5 Å². The first-order valence-electron chi connectivity index (χ1n) is 11.9. The first-order valence-corrected chi connectivity index (χ1v) is 15.4. The maximum absolute atomic E-state index is 12.8. The molecule has 0 amide bonds. The fourth-order valence-electron chi connectivity index (χ4n) is 3.40. The van der Waals surface area contributed by atoms with Gasteiger partial charge in [-0.25, -0.2) is 4.98 Å². The lowest BCUT2D eigenvalue weighted by Gasteiger charge is -2.29. The molecule has 4 nitrogen and oxygen atoms in total. The first-order chi connectivity index (χ1) is 17.2. The topological polar surface area (TPSA) is 45.2 Å². The van der Waals surface area contributed by atoms with Crippen molar-refractivity contribution in [3.8, 4) is 0 Å². The molecule has 1 aromatic carbocycles. The van der Waals surface area contributed by atoms with Crippen LogP contribution in [0.4, 0.5) is 10.8 Å². The molecule has 2 heterocycles. The summed E-state index contributed by atoms with van der Waals surface area (Å²) in [5, 5.41) is 4.19. The van der Waals surface area contributed by atoms with Crippen LogP contribution in [0.25, 0.3) is 5.57 Å². The molecule has 2 unspecified atom stereocenters. The van der Waals surface area contributed by atoms with E-state index in [4.69, 9.17) is 11.6 Å². The van der Waals surface area contributed by atoms with Gasteiger partial charge in [0.05, 0.1) is 21.4 Å². The minimum absolute atomic E-state index is 0.519. The average molecular weight is 573 g/mol. The van der Waals surface area contributed by atoms with Crippen molar-refractivity contribution >= 4 is 61.7 Å². The Bertz CT molecular complexity index is 956. The zero-order valence-electron chi connectivity index (χ0n) is 22.7. The SMILES string of the molecule is C/C=C\C.C=C(C)c1sc(Nc2cccc(S(=O)CC3CCCN(C)C3)c2)nc1C.C=CCCl.CCl. The van der Waals surface area contributed by atoms with Crippen molar-refractivity contribution in [2.75, 3.05) is 43.5 Å². The summed E-state index contributed by atoms with van der Waals surface area (Å²) in [6.07, 6.45) is 9.49. The Hall–Kier alpha value is -1.44. The Balaban J connectivity index is 0.00000106. The Labute approximate surface area is 236 Å². The number of anilines is 2. The number of nitrogens with one attached hydrogen (secondary N) is 1. The van der Waals surface area contributed by atoms with Crippen LogP contribution >= 0.6 is 34.5 Å². The molecule has 36 heavy (non-hydrogen) atoms. The van der Waals surface area contributed by atoms with Gasteiger partial charge in [-0.05, 0) is 83.8 Å². The smallest absolute Gasteiger partial charge is 0.187 e. The van der Waals surface area contributed by atoms with Crippen LogP contribution in [0.1, 0.15) is 44.2 Å². The summed E-state index contributed by atoms with van der Waals surface area (Å²) in [6.45, 7) is 17.5. The fraction of sp³-hybridized carbons (Fsp3) is 0.464. The monoisotopic (exact) mass is 571 g/mol. The van der Waals surface area contributed by atoms with Crippen molar-refractivity contribution in [3.05, 3.63) is 66.2 Å². The second-order valence-corrected chi connectivity index (χ2v) is 11.1. The predicted octanol–water partition coefficient (Wildman–Crippen LogP) is 8.53. The van der Waals surface area contributed by atoms with Crippen molar-refractivity contribution in [3.63, 3.8) is 0 Å². The summed E-state index contributed by atoms with van der Waals surface area (Å²) in [4.78, 5) is 8.91. The normalized spacial score (nSPS) is 15.8. The molecule has 1 saturated heterocycles. The lowest BCUT2D eigenvalue weighted by molar-refractivity contribution is 0.223. The average Bonchev–Trinajstić information content (AvgIpc) is 3.25. The van der Waals surface area contributed by atoms with Gasteiger partial charge in [0.25, 0.3) is 0 Å². The van der Waals surface area contributed by atoms with Gasteiger partial charge in [-0.2, -0.15) is 0 Å². The zero-order valence-corrected chi connectivity index (χ0v) is 25.8. The van der Waals surface area contributed by atoms with E-state index in [9.17, 15) is 4.21 Å². The second kappa shape index (κ2) is 20.6. The van der Waals surface area contributed by atoms with Gasteiger partial charge in [-0.1, -0.05) is 42.2 Å². The summed E-state index contributed by atoms with van der Waals surface area (Å²) in [7, 11) is 1.18. The summed E-state index contributed by atoms with van der Waals surface area (Å²) >= 11 is 11.3. The van der Waals surface area contributed by atoms with Crippen LogP contribution < -0.4 is 5.32 Å². The molecule has 3 rings (SSSR count). The highest BCUT2D eigenvalue weighted by molar-refractivity contribution is 7.85. The first kappa shape index (κ1) is 34.6. The molecular formula is C28H43Cl2N3OS2. The predicted molar refractivity (Wildman–Crippen MR) is 166 cm³/mol. The molecule has 0 bridgehead atoms. The van der Waals surface area contributed by atoms with E-state index in [-0.39, 0.29) is 0 Å². The van der Waals surface area contributed by atoms with Gasteiger partial charge in [0.2, 0.25) is 0 Å². The standard InChI is InChI=1S/C20H27N3OS2.C4H8.C3H5Cl.CH3Cl/c1-14(2)19-15(3)21-20(25-19)22-17-8-5-9-18(11-17)26(24)13-16-7-6-10-23(4)12-16;1-3-4-2;1-2-3-4;1-2/h5,8-9,11,16H,1,6-7,10,12-13H2,2-4H3,(H,21,22);3-4H,1-2H3;2H,1,3H2;1H3/b;4-3-;;. The number of likely N-dealkylation sites (tertiary alicyclic amines) is 1. The maximum Gasteiger partial charge on any atom is 0.187 e. The van der Waals surface area contributed by atoms with Crippen LogP contribution in [0.2, 0.25) is 0 Å². The van der Waals surface area contributed by atoms with Gasteiger partial charge in [0, 0.05) is 35.1 Å². The number of halogens is 2. The van der Waals surface area contributed by atoms with Crippen molar-refractivity contribution < 1.29 is 4.21 Å². The molecule has 1 aliphatic heterocycles. The number of aromatic nitrogens is 1. The van der Waals surface area contributed by atoms with Crippen molar-refractivity contribution in [2.24, 2.45) is 5.92 Å². The van der Waals surface area contributed by atoms with E-state index in [1.54, 1.807) is 17.4 Å². The maximum atomic E-state index is 12.8. The molecule has 1 N–H and O–H groups in total. The van der Waals surface area contributed by atoms with E-state index in [1.807, 2.05) is 64.1 Å². The Morgan fingerprint density at radius 3 is 2.47 bits per heavy atom. The Morgan fingerprint density at radius 2 is 1.97 bits per heavy atom. The third-order valence-corrected chi connectivity index (χ3v) is 8.09. The van der Waals surface area contributed by atoms with Crippen molar-refractivity contribution in [1.82, 2.24) is 9.88 Å². The second-order valence-electron chi connectivity index (χ2n) is 8.26. The number of rotatable bonds is 7. The molecule has 1 fully saturated rings. The minimum atomic E-state index is -0.968. The summed E-state index contributed by atoms with van der Waals surface area (Å²) in [5.74, 6) is 1.81. The van der Waals surface area contributed by atoms with E-state index in [1.165, 1.54) is 19.2 Å². The molecule has 0 aliphatic carbocycles. The number of nitrogens with zero attached hydrogens (tertiary/aromatic N) is 2. The molecule has 0 saturated carbocycles. The van der Waals surface area contributed by atoms with Gasteiger partial charge < -0.3 is 10.2 Å². The highest BCUT2D eigenvalue weighted by Crippen LogP contribution is 2.30. The van der Waals surface area contributed by atoms with Gasteiger partial charge in [-0.3, -0.25) is 4.21 Å². The van der Waals surface area contributed by atoms with Crippen molar-refractivity contribution in [2.45, 2.75) is 45.4 Å². The molecular weight excluding hydrogens is 529 g/mol. The van der Waals surface area contributed by atoms with Gasteiger partial charge in [0.15, 0.2) is 5.13 Å². The zero-order chi connectivity index (χ0) is 27.5. The summed E-state index contributed by atoms with van der Waals surface area (Å²) in [5.41, 5.74) is 2.95. The lowest BCUT2D eigenvalue weighted by atomic mass is 10.0. The van der Waals surface area contributed by atoms with Crippen LogP contribution in [0.3, 0.4) is 0 Å². The number of benzene rings is 1. The number of thiazole rings is 1. The van der Waals surface area contributed by atoms with Crippen LogP contribution in [-0.4, -0.2) is 52.2 Å². The minimum Gasteiger partial charge on any atom is -0.331 e. The Morgan fingerprint density at radius 1 is 1.33 bits per heavy atom. The van der Waals surface area contributed by atoms with Crippen LogP contribution in [0.5, 0.6) is 0 Å². The highest BCUT2D eigenvalue weighted by atomic mass is 35.5. The van der Waals surface area contributed by atoms with Gasteiger partial charge >= 0.3 is 0 Å². The largest absolute Gasteiger partial charge is 0.331 e. The molecule has 0 spiro atoms. The number of hydrogen-bond donors (Lipinski definition) is 1. The number of piperidine rings is 1. The third kappa shape index (κ3) is 13.8. The fourth-order valence-corrected chi connectivity index (χ4v) is 5.70. The number of aryl methyl sites for hydroxylation is 1. The molecule has 8 heteroatoms. The third-order valence-electron chi connectivity index (χ3n) is 5.08. The molecule has 0 radical (unpaired) electrons. The molecule has 1 aromatic heterocycles. The number of allylic oxidation sites excluding steroid dienone is 4. The lowest BCUT2D eigenvalue weighted by Crippen LogP contribution is -2.34.